The second-order valence-electron chi connectivity index (χ2n) is 7.68. The summed E-state index contributed by atoms with van der Waals surface area (Å²) in [5, 5.41) is 21.0. The van der Waals surface area contributed by atoms with Gasteiger partial charge in [0.15, 0.2) is 0 Å². The first kappa shape index (κ1) is 19.5. The minimum atomic E-state index is -1.01. The van der Waals surface area contributed by atoms with E-state index in [0.29, 0.717) is 25.4 Å². The molecule has 0 saturated carbocycles. The molecule has 2 aliphatic heterocycles. The van der Waals surface area contributed by atoms with Crippen molar-refractivity contribution in [2.24, 2.45) is 5.41 Å². The molecule has 2 aliphatic rings. The predicted molar refractivity (Wildman–Crippen MR) is 104 cm³/mol. The van der Waals surface area contributed by atoms with Crippen LogP contribution in [0.15, 0.2) is 24.3 Å². The Bertz CT molecular complexity index is 616. The van der Waals surface area contributed by atoms with Crippen LogP contribution in [-0.4, -0.2) is 59.4 Å². The average Bonchev–Trinajstić information content (AvgIpc) is 2.64. The molecule has 5 nitrogen and oxygen atoms in total. The van der Waals surface area contributed by atoms with Crippen molar-refractivity contribution in [2.45, 2.75) is 51.2 Å². The smallest absolute Gasteiger partial charge is 0.313 e. The lowest BCUT2D eigenvalue weighted by molar-refractivity contribution is -0.166. The molecule has 2 heterocycles. The van der Waals surface area contributed by atoms with E-state index in [1.807, 2.05) is 19.1 Å². The zero-order valence-corrected chi connectivity index (χ0v) is 16.2. The first-order chi connectivity index (χ1) is 12.5. The molecule has 0 aliphatic carbocycles. The summed E-state index contributed by atoms with van der Waals surface area (Å²) in [4.78, 5) is 16.6. The van der Waals surface area contributed by atoms with Gasteiger partial charge in [0.2, 0.25) is 0 Å². The number of halogens is 1. The van der Waals surface area contributed by atoms with Crippen LogP contribution in [0, 0.1) is 5.41 Å². The predicted octanol–water partition coefficient (Wildman–Crippen LogP) is 3.25. The van der Waals surface area contributed by atoms with Gasteiger partial charge in [-0.1, -0.05) is 24.9 Å². The maximum atomic E-state index is 12.0. The van der Waals surface area contributed by atoms with Gasteiger partial charge in [-0.3, -0.25) is 9.69 Å². The zero-order chi connectivity index (χ0) is 18.7. The van der Waals surface area contributed by atoms with Crippen LogP contribution in [0.1, 0.15) is 39.0 Å². The van der Waals surface area contributed by atoms with Gasteiger partial charge in [-0.05, 0) is 49.9 Å². The summed E-state index contributed by atoms with van der Waals surface area (Å²) < 4.78 is 0. The molecule has 0 spiro atoms. The molecule has 1 aromatic carbocycles. The van der Waals surface area contributed by atoms with Crippen LogP contribution in [-0.2, 0) is 4.79 Å². The maximum Gasteiger partial charge on any atom is 0.313 e. The Labute approximate surface area is 160 Å². The number of anilines is 1. The van der Waals surface area contributed by atoms with E-state index in [9.17, 15) is 15.0 Å². The van der Waals surface area contributed by atoms with Gasteiger partial charge in [0.25, 0.3) is 0 Å². The van der Waals surface area contributed by atoms with Gasteiger partial charge >= 0.3 is 5.97 Å². The van der Waals surface area contributed by atoms with Crippen LogP contribution in [0.3, 0.4) is 0 Å². The van der Waals surface area contributed by atoms with Gasteiger partial charge < -0.3 is 15.1 Å². The van der Waals surface area contributed by atoms with E-state index in [0.717, 1.165) is 43.9 Å². The topological polar surface area (TPSA) is 64.0 Å². The second kappa shape index (κ2) is 8.15. The normalized spacial score (nSPS) is 28.3. The quantitative estimate of drug-likeness (QED) is 0.820. The number of hydrogen-bond donors (Lipinski definition) is 2. The van der Waals surface area contributed by atoms with Crippen LogP contribution in [0.2, 0.25) is 5.02 Å². The summed E-state index contributed by atoms with van der Waals surface area (Å²) in [6, 6.07) is 8.33. The molecule has 0 aromatic heterocycles. The molecule has 2 N–H and O–H groups in total. The Balaban J connectivity index is 1.63. The first-order valence-electron chi connectivity index (χ1n) is 9.62. The van der Waals surface area contributed by atoms with Gasteiger partial charge in [-0.2, -0.15) is 0 Å². The fourth-order valence-electron chi connectivity index (χ4n) is 4.57. The molecular formula is C20H29ClN2O3. The van der Waals surface area contributed by atoms with E-state index in [2.05, 4.69) is 21.9 Å². The van der Waals surface area contributed by atoms with Crippen molar-refractivity contribution in [3.63, 3.8) is 0 Å². The Morgan fingerprint density at radius 2 is 1.85 bits per heavy atom. The van der Waals surface area contributed by atoms with Crippen LogP contribution < -0.4 is 4.90 Å². The van der Waals surface area contributed by atoms with Crippen molar-refractivity contribution in [3.8, 4) is 0 Å². The molecule has 3 rings (SSSR count). The molecule has 6 heteroatoms. The standard InChI is InChI=1S/C20H29ClN2O3/c1-2-10-20(19(25)26)14-23(13-9-18(20)24)17-7-11-22(12-8-17)16-5-3-15(21)4-6-16/h3-6,17-18,24H,2,7-14H2,1H3,(H,25,26)/t18-,20+/m1/s1. The Hall–Kier alpha value is -1.30. The van der Waals surface area contributed by atoms with E-state index < -0.39 is 17.5 Å². The second-order valence-corrected chi connectivity index (χ2v) is 8.12. The largest absolute Gasteiger partial charge is 0.481 e. The lowest BCUT2D eigenvalue weighted by atomic mass is 9.73. The Kier molecular flexibility index (Phi) is 6.10. The van der Waals surface area contributed by atoms with E-state index >= 15 is 0 Å². The average molecular weight is 381 g/mol. The number of aliphatic carboxylic acids is 1. The molecule has 0 amide bonds. The summed E-state index contributed by atoms with van der Waals surface area (Å²) in [6.45, 7) is 5.15. The number of carboxylic acid groups (broad SMARTS) is 1. The fraction of sp³-hybridized carbons (Fsp3) is 0.650. The van der Waals surface area contributed by atoms with Crippen LogP contribution >= 0.6 is 11.6 Å². The van der Waals surface area contributed by atoms with Crippen LogP contribution in [0.5, 0.6) is 0 Å². The number of piperidine rings is 2. The van der Waals surface area contributed by atoms with Crippen molar-refractivity contribution in [3.05, 3.63) is 29.3 Å². The third-order valence-corrected chi connectivity index (χ3v) is 6.36. The van der Waals surface area contributed by atoms with Gasteiger partial charge in [0.05, 0.1) is 6.10 Å². The van der Waals surface area contributed by atoms with E-state index in [4.69, 9.17) is 11.6 Å². The van der Waals surface area contributed by atoms with Crippen molar-refractivity contribution in [2.75, 3.05) is 31.1 Å². The number of carbonyl (C=O) groups is 1. The van der Waals surface area contributed by atoms with E-state index in [1.54, 1.807) is 0 Å². The van der Waals surface area contributed by atoms with Crippen LogP contribution in [0.4, 0.5) is 5.69 Å². The molecule has 1 aromatic rings. The molecule has 144 valence electrons. The lowest BCUT2D eigenvalue weighted by Crippen LogP contribution is -2.59. The highest BCUT2D eigenvalue weighted by Crippen LogP contribution is 2.37. The van der Waals surface area contributed by atoms with Gasteiger partial charge in [-0.15, -0.1) is 0 Å². The number of rotatable bonds is 5. The summed E-state index contributed by atoms with van der Waals surface area (Å²) in [5.41, 5.74) is 0.174. The molecule has 2 atom stereocenters. The van der Waals surface area contributed by atoms with Gasteiger partial charge in [0, 0.05) is 42.9 Å². The minimum Gasteiger partial charge on any atom is -0.481 e. The number of benzene rings is 1. The highest BCUT2D eigenvalue weighted by molar-refractivity contribution is 6.30. The zero-order valence-electron chi connectivity index (χ0n) is 15.4. The van der Waals surface area contributed by atoms with Crippen molar-refractivity contribution >= 4 is 23.3 Å². The van der Waals surface area contributed by atoms with Gasteiger partial charge in [0.1, 0.15) is 5.41 Å². The third-order valence-electron chi connectivity index (χ3n) is 6.11. The molecule has 26 heavy (non-hydrogen) atoms. The third kappa shape index (κ3) is 3.85. The van der Waals surface area contributed by atoms with Crippen LogP contribution in [0.25, 0.3) is 0 Å². The SMILES string of the molecule is CCC[C@]1(C(=O)O)CN(C2CCN(c3ccc(Cl)cc3)CC2)CC[C@H]1O. The molecule has 0 radical (unpaired) electrons. The van der Waals surface area contributed by atoms with Crippen molar-refractivity contribution < 1.29 is 15.0 Å². The number of carboxylic acids is 1. The molecule has 2 saturated heterocycles. The van der Waals surface area contributed by atoms with Crippen molar-refractivity contribution in [1.29, 1.82) is 0 Å². The molecular weight excluding hydrogens is 352 g/mol. The highest BCUT2D eigenvalue weighted by Gasteiger charge is 2.49. The molecule has 0 bridgehead atoms. The number of likely N-dealkylation sites (tertiary alicyclic amines) is 1. The molecule has 0 unspecified atom stereocenters. The van der Waals surface area contributed by atoms with E-state index in [-0.39, 0.29) is 0 Å². The molecule has 2 fully saturated rings. The maximum absolute atomic E-state index is 12.0. The minimum absolute atomic E-state index is 0.390. The van der Waals surface area contributed by atoms with Gasteiger partial charge in [-0.25, -0.2) is 0 Å². The number of aliphatic hydroxyl groups is 1. The summed E-state index contributed by atoms with van der Waals surface area (Å²) >= 11 is 5.97. The Morgan fingerprint density at radius 1 is 1.19 bits per heavy atom. The summed E-state index contributed by atoms with van der Waals surface area (Å²) in [6.07, 6.45) is 3.13. The highest BCUT2D eigenvalue weighted by atomic mass is 35.5. The number of nitrogens with zero attached hydrogens (tertiary/aromatic N) is 2. The van der Waals surface area contributed by atoms with E-state index in [1.165, 1.54) is 5.69 Å². The monoisotopic (exact) mass is 380 g/mol. The lowest BCUT2D eigenvalue weighted by Gasteiger charge is -2.48. The number of hydrogen-bond acceptors (Lipinski definition) is 4. The summed E-state index contributed by atoms with van der Waals surface area (Å²) in [7, 11) is 0. The summed E-state index contributed by atoms with van der Waals surface area (Å²) in [5.74, 6) is -0.852. The fourth-order valence-corrected chi connectivity index (χ4v) is 4.70. The Morgan fingerprint density at radius 3 is 2.42 bits per heavy atom. The number of aliphatic hydroxyl groups excluding tert-OH is 1. The first-order valence-corrected chi connectivity index (χ1v) is 10.00. The van der Waals surface area contributed by atoms with Crippen molar-refractivity contribution in [1.82, 2.24) is 4.90 Å².